The number of hydrogen-bond donors (Lipinski definition) is 0. The zero-order valence-corrected chi connectivity index (χ0v) is 11.4. The van der Waals surface area contributed by atoms with Crippen molar-refractivity contribution in [2.24, 2.45) is 0 Å². The van der Waals surface area contributed by atoms with Crippen molar-refractivity contribution >= 4 is 0 Å². The molecule has 1 aliphatic rings. The highest BCUT2D eigenvalue weighted by molar-refractivity contribution is 5.43. The summed E-state index contributed by atoms with van der Waals surface area (Å²) in [5.41, 5.74) is 4.78. The fourth-order valence-corrected chi connectivity index (χ4v) is 2.83. The van der Waals surface area contributed by atoms with Gasteiger partial charge in [-0.3, -0.25) is 4.90 Å². The van der Waals surface area contributed by atoms with Crippen LogP contribution in [0, 0.1) is 6.92 Å². The van der Waals surface area contributed by atoms with Gasteiger partial charge in [0.05, 0.1) is 0 Å². The van der Waals surface area contributed by atoms with Crippen molar-refractivity contribution < 1.29 is 0 Å². The molecule has 0 spiro atoms. The first-order chi connectivity index (χ1) is 7.25. The third kappa shape index (κ3) is 1.58. The zero-order valence-electron chi connectivity index (χ0n) is 11.4. The van der Waals surface area contributed by atoms with E-state index in [0.717, 1.165) is 6.54 Å². The largest absolute Gasteiger partial charge is 0.296 e. The normalized spacial score (nSPS) is 22.9. The smallest absolute Gasteiger partial charge is 0.0404 e. The van der Waals surface area contributed by atoms with Crippen molar-refractivity contribution in [3.05, 3.63) is 34.9 Å². The maximum Gasteiger partial charge on any atom is 0.0404 e. The van der Waals surface area contributed by atoms with Crippen molar-refractivity contribution in [1.82, 2.24) is 4.90 Å². The lowest BCUT2D eigenvalue weighted by molar-refractivity contribution is 0.104. The van der Waals surface area contributed by atoms with Crippen molar-refractivity contribution in [2.75, 3.05) is 13.6 Å². The minimum atomic E-state index is 0.151. The van der Waals surface area contributed by atoms with Gasteiger partial charge in [-0.15, -0.1) is 0 Å². The van der Waals surface area contributed by atoms with E-state index in [1.807, 2.05) is 0 Å². The van der Waals surface area contributed by atoms with Crippen molar-refractivity contribution in [3.63, 3.8) is 0 Å². The molecule has 0 aromatic heterocycles. The maximum absolute atomic E-state index is 2.46. The van der Waals surface area contributed by atoms with Crippen molar-refractivity contribution in [2.45, 2.75) is 45.6 Å². The molecule has 0 saturated heterocycles. The number of likely N-dealkylation sites (N-methyl/N-ethyl adjacent to an activating group) is 1. The number of fused-ring (bicyclic) bond motifs is 1. The number of aryl methyl sites for hydroxylation is 1. The van der Waals surface area contributed by atoms with E-state index in [1.54, 1.807) is 0 Å². The molecule has 1 aliphatic heterocycles. The Hall–Kier alpha value is -0.820. The average molecular weight is 217 g/mol. The molecule has 0 amide bonds. The SMILES string of the molecule is Cc1ccc2c(c1)C(C)(C)CN(C)C2(C)C. The maximum atomic E-state index is 2.46. The predicted molar refractivity (Wildman–Crippen MR) is 69.9 cm³/mol. The molecule has 0 fully saturated rings. The number of benzene rings is 1. The Bertz CT molecular complexity index is 415. The summed E-state index contributed by atoms with van der Waals surface area (Å²) in [5, 5.41) is 0. The standard InChI is InChI=1S/C15H23N/c1-11-7-8-12-13(9-11)14(2,3)10-16(6)15(12,4)5/h7-9H,10H2,1-6H3. The lowest BCUT2D eigenvalue weighted by Crippen LogP contribution is -2.51. The van der Waals surface area contributed by atoms with Gasteiger partial charge in [0, 0.05) is 17.5 Å². The summed E-state index contributed by atoms with van der Waals surface area (Å²) in [6, 6.07) is 6.90. The van der Waals surface area contributed by atoms with Gasteiger partial charge in [0.25, 0.3) is 0 Å². The van der Waals surface area contributed by atoms with Crippen LogP contribution in [0.3, 0.4) is 0 Å². The molecule has 1 aromatic rings. The molecule has 88 valence electrons. The summed E-state index contributed by atoms with van der Waals surface area (Å²) in [6.45, 7) is 12.6. The first-order valence-electron chi connectivity index (χ1n) is 6.08. The van der Waals surface area contributed by atoms with E-state index in [0.29, 0.717) is 0 Å². The Morgan fingerprint density at radius 1 is 1.06 bits per heavy atom. The van der Waals surface area contributed by atoms with E-state index in [-0.39, 0.29) is 11.0 Å². The molecule has 1 heterocycles. The van der Waals surface area contributed by atoms with Gasteiger partial charge in [-0.2, -0.15) is 0 Å². The Kier molecular flexibility index (Phi) is 2.43. The molecule has 16 heavy (non-hydrogen) atoms. The van der Waals surface area contributed by atoms with Gasteiger partial charge < -0.3 is 0 Å². The van der Waals surface area contributed by atoms with E-state index in [2.05, 4.69) is 64.8 Å². The quantitative estimate of drug-likeness (QED) is 0.643. The minimum Gasteiger partial charge on any atom is -0.296 e. The van der Waals surface area contributed by atoms with E-state index in [4.69, 9.17) is 0 Å². The first-order valence-corrected chi connectivity index (χ1v) is 6.08. The molecule has 0 N–H and O–H groups in total. The van der Waals surface area contributed by atoms with Crippen LogP contribution in [-0.2, 0) is 11.0 Å². The molecule has 1 heteroatoms. The van der Waals surface area contributed by atoms with Gasteiger partial charge in [-0.1, -0.05) is 37.6 Å². The minimum absolute atomic E-state index is 0.151. The van der Waals surface area contributed by atoms with Crippen LogP contribution in [0.15, 0.2) is 18.2 Å². The summed E-state index contributed by atoms with van der Waals surface area (Å²) in [7, 11) is 2.23. The lowest BCUT2D eigenvalue weighted by Gasteiger charge is -2.48. The predicted octanol–water partition coefficient (Wildman–Crippen LogP) is 3.45. The second-order valence-electron chi connectivity index (χ2n) is 6.35. The molecule has 0 bridgehead atoms. The second-order valence-corrected chi connectivity index (χ2v) is 6.35. The molecule has 1 aromatic carbocycles. The molecule has 2 rings (SSSR count). The number of rotatable bonds is 0. The van der Waals surface area contributed by atoms with Crippen LogP contribution in [-0.4, -0.2) is 18.5 Å². The monoisotopic (exact) mass is 217 g/mol. The van der Waals surface area contributed by atoms with Crippen LogP contribution >= 0.6 is 0 Å². The van der Waals surface area contributed by atoms with Crippen LogP contribution in [0.5, 0.6) is 0 Å². The Morgan fingerprint density at radius 2 is 1.69 bits per heavy atom. The van der Waals surface area contributed by atoms with Crippen molar-refractivity contribution in [3.8, 4) is 0 Å². The van der Waals surface area contributed by atoms with Crippen LogP contribution < -0.4 is 0 Å². The molecule has 1 nitrogen and oxygen atoms in total. The summed E-state index contributed by atoms with van der Waals surface area (Å²) < 4.78 is 0. The second kappa shape index (κ2) is 3.33. The van der Waals surface area contributed by atoms with Crippen LogP contribution in [0.2, 0.25) is 0 Å². The molecular formula is C15H23N. The molecule has 0 aliphatic carbocycles. The molecule has 0 atom stereocenters. The van der Waals surface area contributed by atoms with E-state index in [9.17, 15) is 0 Å². The Balaban J connectivity index is 2.67. The lowest BCUT2D eigenvalue weighted by atomic mass is 9.71. The molecular weight excluding hydrogens is 194 g/mol. The van der Waals surface area contributed by atoms with Crippen LogP contribution in [0.1, 0.15) is 44.4 Å². The fourth-order valence-electron chi connectivity index (χ4n) is 2.83. The average Bonchev–Trinajstić information content (AvgIpc) is 2.14. The Morgan fingerprint density at radius 3 is 2.31 bits per heavy atom. The zero-order chi connectivity index (χ0) is 12.1. The molecule has 0 unspecified atom stereocenters. The first kappa shape index (κ1) is 11.7. The molecule has 0 radical (unpaired) electrons. The number of nitrogens with zero attached hydrogens (tertiary/aromatic N) is 1. The van der Waals surface area contributed by atoms with E-state index < -0.39 is 0 Å². The van der Waals surface area contributed by atoms with Gasteiger partial charge in [-0.25, -0.2) is 0 Å². The van der Waals surface area contributed by atoms with Gasteiger partial charge >= 0.3 is 0 Å². The summed E-state index contributed by atoms with van der Waals surface area (Å²) >= 11 is 0. The highest BCUT2D eigenvalue weighted by atomic mass is 15.2. The van der Waals surface area contributed by atoms with E-state index >= 15 is 0 Å². The third-order valence-electron chi connectivity index (χ3n) is 4.15. The number of hydrogen-bond acceptors (Lipinski definition) is 1. The van der Waals surface area contributed by atoms with Gasteiger partial charge in [0.15, 0.2) is 0 Å². The summed E-state index contributed by atoms with van der Waals surface area (Å²) in [4.78, 5) is 2.46. The highest BCUT2D eigenvalue weighted by Crippen LogP contribution is 2.42. The fraction of sp³-hybridized carbons (Fsp3) is 0.600. The topological polar surface area (TPSA) is 3.24 Å². The molecule has 0 saturated carbocycles. The summed E-state index contributed by atoms with van der Waals surface area (Å²) in [6.07, 6.45) is 0. The van der Waals surface area contributed by atoms with Crippen LogP contribution in [0.4, 0.5) is 0 Å². The Labute approximate surface area is 99.5 Å². The van der Waals surface area contributed by atoms with Gasteiger partial charge in [0.1, 0.15) is 0 Å². The van der Waals surface area contributed by atoms with E-state index in [1.165, 1.54) is 16.7 Å². The highest BCUT2D eigenvalue weighted by Gasteiger charge is 2.40. The summed E-state index contributed by atoms with van der Waals surface area (Å²) in [5.74, 6) is 0. The third-order valence-corrected chi connectivity index (χ3v) is 4.15. The van der Waals surface area contributed by atoms with Gasteiger partial charge in [0.2, 0.25) is 0 Å². The van der Waals surface area contributed by atoms with Gasteiger partial charge in [-0.05, 0) is 38.9 Å². The van der Waals surface area contributed by atoms with Crippen molar-refractivity contribution in [1.29, 1.82) is 0 Å². The van der Waals surface area contributed by atoms with Crippen LogP contribution in [0.25, 0.3) is 0 Å².